The number of aromatic hydroxyl groups is 2. The molecule has 0 saturated carbocycles. The molecule has 0 aromatic heterocycles. The monoisotopic (exact) mass is 263 g/mol. The summed E-state index contributed by atoms with van der Waals surface area (Å²) in [5.74, 6) is -0.284. The molecule has 1 saturated heterocycles. The summed E-state index contributed by atoms with van der Waals surface area (Å²) in [5, 5.41) is 19.2. The number of phenols is 2. The number of rotatable bonds is 1. The Bertz CT molecular complexity index is 482. The molecule has 19 heavy (non-hydrogen) atoms. The lowest BCUT2D eigenvalue weighted by Crippen LogP contribution is -2.32. The van der Waals surface area contributed by atoms with Crippen molar-refractivity contribution in [1.82, 2.24) is 4.90 Å². The van der Waals surface area contributed by atoms with Gasteiger partial charge in [-0.05, 0) is 42.9 Å². The van der Waals surface area contributed by atoms with Crippen LogP contribution in [0.3, 0.4) is 0 Å². The van der Waals surface area contributed by atoms with E-state index in [0.29, 0.717) is 13.1 Å². The molecule has 104 valence electrons. The lowest BCUT2D eigenvalue weighted by atomic mass is 9.85. The van der Waals surface area contributed by atoms with Crippen molar-refractivity contribution in [1.29, 1.82) is 0 Å². The van der Waals surface area contributed by atoms with E-state index >= 15 is 0 Å². The number of amides is 1. The highest BCUT2D eigenvalue weighted by Gasteiger charge is 2.27. The van der Waals surface area contributed by atoms with Crippen LogP contribution in [0.2, 0.25) is 0 Å². The molecule has 2 N–H and O–H groups in total. The van der Waals surface area contributed by atoms with Gasteiger partial charge in [0.25, 0.3) is 5.91 Å². The van der Waals surface area contributed by atoms with Gasteiger partial charge in [-0.25, -0.2) is 0 Å². The molecule has 1 fully saturated rings. The van der Waals surface area contributed by atoms with Gasteiger partial charge < -0.3 is 15.1 Å². The van der Waals surface area contributed by atoms with Crippen molar-refractivity contribution in [3.8, 4) is 11.5 Å². The van der Waals surface area contributed by atoms with E-state index in [1.807, 2.05) is 0 Å². The van der Waals surface area contributed by atoms with Gasteiger partial charge >= 0.3 is 0 Å². The van der Waals surface area contributed by atoms with Crippen molar-refractivity contribution in [3.63, 3.8) is 0 Å². The minimum atomic E-state index is -0.203. The summed E-state index contributed by atoms with van der Waals surface area (Å²) in [6.07, 6.45) is 3.03. The second kappa shape index (κ2) is 5.11. The van der Waals surface area contributed by atoms with Crippen molar-refractivity contribution < 1.29 is 15.0 Å². The number of likely N-dealkylation sites (tertiary alicyclic amines) is 1. The summed E-state index contributed by atoms with van der Waals surface area (Å²) in [6.45, 7) is 5.83. The smallest absolute Gasteiger partial charge is 0.257 e. The Morgan fingerprint density at radius 2 is 1.95 bits per heavy atom. The first-order valence-electron chi connectivity index (χ1n) is 6.70. The van der Waals surface area contributed by atoms with Crippen LogP contribution in [-0.4, -0.2) is 34.1 Å². The summed E-state index contributed by atoms with van der Waals surface area (Å²) in [5.41, 5.74) is 0.440. The molecule has 0 aliphatic carbocycles. The number of nitrogens with zero attached hydrogens (tertiary/aromatic N) is 1. The second-order valence-electron chi connectivity index (χ2n) is 6.01. The average Bonchev–Trinajstić information content (AvgIpc) is 2.52. The molecular weight excluding hydrogens is 242 g/mol. The van der Waals surface area contributed by atoms with Crippen LogP contribution in [-0.2, 0) is 0 Å². The quantitative estimate of drug-likeness (QED) is 0.766. The molecule has 1 aromatic carbocycles. The summed E-state index contributed by atoms with van der Waals surface area (Å²) < 4.78 is 0. The molecule has 2 rings (SSSR count). The molecular formula is C15H21NO3. The Labute approximate surface area is 113 Å². The first-order chi connectivity index (χ1) is 8.89. The Kier molecular flexibility index (Phi) is 3.69. The zero-order valence-electron chi connectivity index (χ0n) is 11.5. The van der Waals surface area contributed by atoms with Crippen LogP contribution in [0, 0.1) is 5.41 Å². The first-order valence-corrected chi connectivity index (χ1v) is 6.70. The van der Waals surface area contributed by atoms with Crippen LogP contribution in [0.25, 0.3) is 0 Å². The van der Waals surface area contributed by atoms with E-state index in [2.05, 4.69) is 13.8 Å². The minimum Gasteiger partial charge on any atom is -0.508 e. The highest BCUT2D eigenvalue weighted by molar-refractivity contribution is 5.97. The van der Waals surface area contributed by atoms with Gasteiger partial charge in [0.05, 0.1) is 5.56 Å². The molecule has 0 unspecified atom stereocenters. The number of hydrogen-bond acceptors (Lipinski definition) is 3. The van der Waals surface area contributed by atoms with Gasteiger partial charge in [0, 0.05) is 13.1 Å². The van der Waals surface area contributed by atoms with E-state index in [-0.39, 0.29) is 28.4 Å². The van der Waals surface area contributed by atoms with Crippen molar-refractivity contribution in [2.75, 3.05) is 13.1 Å². The molecule has 1 aliphatic heterocycles. The predicted molar refractivity (Wildman–Crippen MR) is 73.3 cm³/mol. The summed E-state index contributed by atoms with van der Waals surface area (Å²) in [4.78, 5) is 14.2. The zero-order chi connectivity index (χ0) is 14.0. The van der Waals surface area contributed by atoms with Gasteiger partial charge in [-0.2, -0.15) is 0 Å². The number of benzene rings is 1. The standard InChI is InChI=1S/C15H21NO3/c1-15(2)6-3-8-16(9-7-15)14(19)12-10-11(17)4-5-13(12)18/h4-5,10,17-18H,3,6-9H2,1-2H3. The molecule has 1 amide bonds. The fourth-order valence-electron chi connectivity index (χ4n) is 2.49. The first kappa shape index (κ1) is 13.7. The normalized spacial score (nSPS) is 18.9. The maximum Gasteiger partial charge on any atom is 0.257 e. The molecule has 0 radical (unpaired) electrons. The molecule has 1 heterocycles. The average molecular weight is 263 g/mol. The van der Waals surface area contributed by atoms with E-state index in [1.165, 1.54) is 18.2 Å². The van der Waals surface area contributed by atoms with Crippen LogP contribution in [0.4, 0.5) is 0 Å². The van der Waals surface area contributed by atoms with Crippen LogP contribution < -0.4 is 0 Å². The number of carbonyl (C=O) groups excluding carboxylic acids is 1. The SMILES string of the molecule is CC1(C)CCCN(C(=O)c2cc(O)ccc2O)CC1. The van der Waals surface area contributed by atoms with Crippen molar-refractivity contribution >= 4 is 5.91 Å². The van der Waals surface area contributed by atoms with Crippen molar-refractivity contribution in [2.45, 2.75) is 33.1 Å². The van der Waals surface area contributed by atoms with Gasteiger partial charge in [-0.3, -0.25) is 4.79 Å². The second-order valence-corrected chi connectivity index (χ2v) is 6.01. The Morgan fingerprint density at radius 1 is 1.21 bits per heavy atom. The van der Waals surface area contributed by atoms with E-state index in [0.717, 1.165) is 19.3 Å². The lowest BCUT2D eigenvalue weighted by Gasteiger charge is -2.23. The van der Waals surface area contributed by atoms with E-state index in [1.54, 1.807) is 4.90 Å². The molecule has 1 aromatic rings. The van der Waals surface area contributed by atoms with Gasteiger partial charge in [0.2, 0.25) is 0 Å². The number of carbonyl (C=O) groups is 1. The van der Waals surface area contributed by atoms with Crippen LogP contribution in [0.1, 0.15) is 43.5 Å². The zero-order valence-corrected chi connectivity index (χ0v) is 11.5. The fourth-order valence-corrected chi connectivity index (χ4v) is 2.49. The predicted octanol–water partition coefficient (Wildman–Crippen LogP) is 2.75. The summed E-state index contributed by atoms with van der Waals surface area (Å²) >= 11 is 0. The highest BCUT2D eigenvalue weighted by Crippen LogP contribution is 2.31. The third-order valence-electron chi connectivity index (χ3n) is 3.84. The largest absolute Gasteiger partial charge is 0.508 e. The van der Waals surface area contributed by atoms with E-state index in [9.17, 15) is 15.0 Å². The number of hydrogen-bond donors (Lipinski definition) is 2. The van der Waals surface area contributed by atoms with E-state index in [4.69, 9.17) is 0 Å². The Hall–Kier alpha value is -1.71. The molecule has 0 atom stereocenters. The van der Waals surface area contributed by atoms with Gasteiger partial charge in [0.1, 0.15) is 11.5 Å². The van der Waals surface area contributed by atoms with Crippen LogP contribution in [0.5, 0.6) is 11.5 Å². The molecule has 0 spiro atoms. The highest BCUT2D eigenvalue weighted by atomic mass is 16.3. The maximum absolute atomic E-state index is 12.4. The number of phenolic OH excluding ortho intramolecular Hbond substituents is 2. The summed E-state index contributed by atoms with van der Waals surface area (Å²) in [6, 6.07) is 4.05. The van der Waals surface area contributed by atoms with Gasteiger partial charge in [-0.1, -0.05) is 13.8 Å². The third kappa shape index (κ3) is 3.19. The summed E-state index contributed by atoms with van der Waals surface area (Å²) in [7, 11) is 0. The topological polar surface area (TPSA) is 60.8 Å². The minimum absolute atomic E-state index is 0.00342. The maximum atomic E-state index is 12.4. The van der Waals surface area contributed by atoms with Crippen LogP contribution in [0.15, 0.2) is 18.2 Å². The third-order valence-corrected chi connectivity index (χ3v) is 3.84. The van der Waals surface area contributed by atoms with E-state index < -0.39 is 0 Å². The van der Waals surface area contributed by atoms with Crippen molar-refractivity contribution in [2.24, 2.45) is 5.41 Å². The Balaban J connectivity index is 2.17. The fraction of sp³-hybridized carbons (Fsp3) is 0.533. The Morgan fingerprint density at radius 3 is 2.68 bits per heavy atom. The van der Waals surface area contributed by atoms with Crippen LogP contribution >= 0.6 is 0 Å². The molecule has 1 aliphatic rings. The van der Waals surface area contributed by atoms with Gasteiger partial charge in [-0.15, -0.1) is 0 Å². The molecule has 4 heteroatoms. The lowest BCUT2D eigenvalue weighted by molar-refractivity contribution is 0.0754. The molecule has 0 bridgehead atoms. The van der Waals surface area contributed by atoms with Crippen molar-refractivity contribution in [3.05, 3.63) is 23.8 Å². The molecule has 4 nitrogen and oxygen atoms in total. The van der Waals surface area contributed by atoms with Gasteiger partial charge in [0.15, 0.2) is 0 Å².